The third-order valence-corrected chi connectivity index (χ3v) is 5.85. The number of ether oxygens (including phenoxy) is 2. The molecule has 2 saturated heterocycles. The molecule has 0 aliphatic carbocycles. The molecule has 2 N–H and O–H groups in total. The minimum absolute atomic E-state index is 0.00130. The molecule has 11 nitrogen and oxygen atoms in total. The van der Waals surface area contributed by atoms with Crippen molar-refractivity contribution < 1.29 is 28.7 Å². The maximum atomic E-state index is 12.0. The molecular formula is C27H31N5O6. The zero-order valence-electron chi connectivity index (χ0n) is 22.1. The summed E-state index contributed by atoms with van der Waals surface area (Å²) in [4.78, 5) is 53.9. The Labute approximate surface area is 221 Å². The number of anilines is 1. The van der Waals surface area contributed by atoms with Gasteiger partial charge in [0.15, 0.2) is 17.5 Å². The first-order chi connectivity index (χ1) is 18.1. The van der Waals surface area contributed by atoms with Crippen LogP contribution in [0.5, 0.6) is 11.5 Å². The molecule has 5 amide bonds. The van der Waals surface area contributed by atoms with Crippen molar-refractivity contribution in [3.8, 4) is 23.3 Å². The van der Waals surface area contributed by atoms with Gasteiger partial charge in [-0.1, -0.05) is 12.0 Å². The summed E-state index contributed by atoms with van der Waals surface area (Å²) >= 11 is 0. The molecule has 0 radical (unpaired) electrons. The third kappa shape index (κ3) is 6.79. The Morgan fingerprint density at radius 1 is 1.11 bits per heavy atom. The van der Waals surface area contributed by atoms with Crippen molar-refractivity contribution in [1.29, 1.82) is 0 Å². The second-order valence-corrected chi connectivity index (χ2v) is 8.77. The van der Waals surface area contributed by atoms with Gasteiger partial charge < -0.3 is 19.7 Å². The lowest BCUT2D eigenvalue weighted by Crippen LogP contribution is -2.35. The highest BCUT2D eigenvalue weighted by atomic mass is 16.5. The van der Waals surface area contributed by atoms with Gasteiger partial charge in [-0.3, -0.25) is 24.6 Å². The first-order valence-corrected chi connectivity index (χ1v) is 12.0. The SMILES string of the molecule is COc1ccc(C)c(C(=O)N(C)C)c1.COc1ccc(N2CCCCC2=O)nc1C#CC1NC(=O)NC1=O. The van der Waals surface area contributed by atoms with Gasteiger partial charge in [-0.2, -0.15) is 0 Å². The number of aromatic nitrogens is 1. The summed E-state index contributed by atoms with van der Waals surface area (Å²) in [6.45, 7) is 2.53. The Kier molecular flexibility index (Phi) is 9.27. The van der Waals surface area contributed by atoms with Gasteiger partial charge in [0.2, 0.25) is 5.91 Å². The summed E-state index contributed by atoms with van der Waals surface area (Å²) in [5, 5.41) is 4.49. The third-order valence-electron chi connectivity index (χ3n) is 5.85. The van der Waals surface area contributed by atoms with Crippen molar-refractivity contribution in [2.75, 3.05) is 39.8 Å². The van der Waals surface area contributed by atoms with Crippen LogP contribution in [0.15, 0.2) is 30.3 Å². The van der Waals surface area contributed by atoms with Crippen LogP contribution in [-0.2, 0) is 9.59 Å². The second-order valence-electron chi connectivity index (χ2n) is 8.77. The molecule has 2 fully saturated rings. The highest BCUT2D eigenvalue weighted by Crippen LogP contribution is 2.24. The maximum Gasteiger partial charge on any atom is 0.322 e. The largest absolute Gasteiger partial charge is 0.497 e. The zero-order chi connectivity index (χ0) is 27.8. The van der Waals surface area contributed by atoms with Crippen LogP contribution in [0.3, 0.4) is 0 Å². The predicted molar refractivity (Wildman–Crippen MR) is 140 cm³/mol. The van der Waals surface area contributed by atoms with Crippen LogP contribution < -0.4 is 25.0 Å². The van der Waals surface area contributed by atoms with E-state index < -0.39 is 18.0 Å². The molecule has 0 saturated carbocycles. The Morgan fingerprint density at radius 3 is 2.47 bits per heavy atom. The Hall–Kier alpha value is -4.59. The van der Waals surface area contributed by atoms with Crippen LogP contribution in [0.1, 0.15) is 40.9 Å². The fourth-order valence-corrected chi connectivity index (χ4v) is 3.75. The van der Waals surface area contributed by atoms with Crippen molar-refractivity contribution >= 4 is 29.6 Å². The topological polar surface area (TPSA) is 130 Å². The molecule has 2 aromatic rings. The van der Waals surface area contributed by atoms with Gasteiger partial charge in [0, 0.05) is 32.6 Å². The van der Waals surface area contributed by atoms with Crippen LogP contribution in [0.4, 0.5) is 10.6 Å². The van der Waals surface area contributed by atoms with Gasteiger partial charge in [-0.05, 0) is 55.5 Å². The highest BCUT2D eigenvalue weighted by molar-refractivity contribution is 6.05. The zero-order valence-corrected chi connectivity index (χ0v) is 22.1. The number of nitrogens with zero attached hydrogens (tertiary/aromatic N) is 3. The molecule has 0 spiro atoms. The van der Waals surface area contributed by atoms with Crippen molar-refractivity contribution in [3.63, 3.8) is 0 Å². The Morgan fingerprint density at radius 2 is 1.87 bits per heavy atom. The standard InChI is InChI=1S/C16H16N4O4.C11H15NO2/c1-24-12-7-8-13(20-9-3-2-4-14(20)21)17-10(12)5-6-11-15(22)19-16(23)18-11;1-8-5-6-9(14-4)7-10(8)11(13)12(2)3/h7-8,11H,2-4,9H2,1H3,(H2,18,19,22,23);5-7H,1-4H3. The van der Waals surface area contributed by atoms with Gasteiger partial charge in [-0.15, -0.1) is 0 Å². The average molecular weight is 522 g/mol. The number of imide groups is 1. The molecule has 4 rings (SSSR count). The smallest absolute Gasteiger partial charge is 0.322 e. The summed E-state index contributed by atoms with van der Waals surface area (Å²) in [6, 6.07) is 7.38. The van der Waals surface area contributed by atoms with Crippen molar-refractivity contribution in [2.45, 2.75) is 32.2 Å². The fraction of sp³-hybridized carbons (Fsp3) is 0.370. The number of methoxy groups -OCH3 is 2. The lowest BCUT2D eigenvalue weighted by atomic mass is 10.1. The number of carbonyl (C=O) groups is 4. The van der Waals surface area contributed by atoms with E-state index in [1.165, 1.54) is 7.11 Å². The number of hydrogen-bond donors (Lipinski definition) is 2. The normalized spacial score (nSPS) is 16.3. The van der Waals surface area contributed by atoms with Crippen LogP contribution in [-0.4, -0.2) is 74.5 Å². The van der Waals surface area contributed by atoms with E-state index >= 15 is 0 Å². The molecule has 1 aromatic heterocycles. The number of nitrogens with one attached hydrogen (secondary N) is 2. The molecule has 38 heavy (non-hydrogen) atoms. The van der Waals surface area contributed by atoms with Gasteiger partial charge in [0.05, 0.1) is 14.2 Å². The van der Waals surface area contributed by atoms with Crippen LogP contribution in [0.2, 0.25) is 0 Å². The quantitative estimate of drug-likeness (QED) is 0.464. The fourth-order valence-electron chi connectivity index (χ4n) is 3.75. The number of benzene rings is 1. The second kappa shape index (κ2) is 12.6. The molecule has 1 aromatic carbocycles. The van der Waals surface area contributed by atoms with E-state index in [2.05, 4.69) is 27.5 Å². The minimum atomic E-state index is -0.927. The van der Waals surface area contributed by atoms with E-state index in [1.54, 1.807) is 49.2 Å². The predicted octanol–water partition coefficient (Wildman–Crippen LogP) is 1.87. The maximum absolute atomic E-state index is 12.0. The summed E-state index contributed by atoms with van der Waals surface area (Å²) in [5.41, 5.74) is 1.96. The number of aryl methyl sites for hydroxylation is 1. The van der Waals surface area contributed by atoms with E-state index in [0.717, 1.165) is 18.4 Å². The number of rotatable bonds is 4. The summed E-state index contributed by atoms with van der Waals surface area (Å²) in [6.07, 6.45) is 2.31. The number of urea groups is 1. The number of pyridine rings is 1. The summed E-state index contributed by atoms with van der Waals surface area (Å²) < 4.78 is 10.3. The molecule has 0 bridgehead atoms. The van der Waals surface area contributed by atoms with E-state index in [9.17, 15) is 19.2 Å². The molecule has 1 atom stereocenters. The van der Waals surface area contributed by atoms with Crippen LogP contribution >= 0.6 is 0 Å². The molecule has 1 unspecified atom stereocenters. The molecular weight excluding hydrogens is 490 g/mol. The van der Waals surface area contributed by atoms with Crippen LogP contribution in [0, 0.1) is 18.8 Å². The summed E-state index contributed by atoms with van der Waals surface area (Å²) in [7, 11) is 6.55. The molecule has 3 heterocycles. The molecule has 11 heteroatoms. The summed E-state index contributed by atoms with van der Waals surface area (Å²) in [5.74, 6) is 6.57. The Balaban J connectivity index is 0.000000244. The number of carbonyl (C=O) groups excluding carboxylic acids is 4. The minimum Gasteiger partial charge on any atom is -0.497 e. The van der Waals surface area contributed by atoms with E-state index in [-0.39, 0.29) is 11.8 Å². The van der Waals surface area contributed by atoms with Gasteiger partial charge in [0.1, 0.15) is 11.6 Å². The highest BCUT2D eigenvalue weighted by Gasteiger charge is 2.28. The van der Waals surface area contributed by atoms with E-state index in [0.29, 0.717) is 41.5 Å². The Bertz CT molecular complexity index is 1300. The van der Waals surface area contributed by atoms with E-state index in [1.807, 2.05) is 19.1 Å². The lowest BCUT2D eigenvalue weighted by Gasteiger charge is -2.26. The van der Waals surface area contributed by atoms with Gasteiger partial charge in [0.25, 0.3) is 11.8 Å². The van der Waals surface area contributed by atoms with E-state index in [4.69, 9.17) is 9.47 Å². The first kappa shape index (κ1) is 28.0. The van der Waals surface area contributed by atoms with Crippen molar-refractivity contribution in [2.24, 2.45) is 0 Å². The van der Waals surface area contributed by atoms with Gasteiger partial charge >= 0.3 is 6.03 Å². The van der Waals surface area contributed by atoms with Crippen molar-refractivity contribution in [1.82, 2.24) is 20.5 Å². The number of piperidine rings is 1. The van der Waals surface area contributed by atoms with Crippen molar-refractivity contribution in [3.05, 3.63) is 47.2 Å². The molecule has 2 aliphatic rings. The first-order valence-electron chi connectivity index (χ1n) is 12.0. The lowest BCUT2D eigenvalue weighted by molar-refractivity contribution is -0.120. The molecule has 2 aliphatic heterocycles. The van der Waals surface area contributed by atoms with Crippen LogP contribution in [0.25, 0.3) is 0 Å². The molecule has 200 valence electrons. The average Bonchev–Trinajstić information content (AvgIpc) is 3.24. The number of hydrogen-bond acceptors (Lipinski definition) is 7. The van der Waals surface area contributed by atoms with Gasteiger partial charge in [-0.25, -0.2) is 9.78 Å². The number of amides is 5. The monoisotopic (exact) mass is 521 g/mol.